The minimum absolute atomic E-state index is 0.0716. The molecule has 1 fully saturated rings. The number of hydrogen-bond acceptors (Lipinski definition) is 4. The van der Waals surface area contributed by atoms with Crippen LogP contribution >= 0.6 is 0 Å². The van der Waals surface area contributed by atoms with Crippen LogP contribution in [0.3, 0.4) is 0 Å². The molecule has 20 heavy (non-hydrogen) atoms. The lowest BCUT2D eigenvalue weighted by molar-refractivity contribution is 0.336. The number of anilines is 1. The smallest absolute Gasteiger partial charge is 0.252 e. The summed E-state index contributed by atoms with van der Waals surface area (Å²) in [5, 5.41) is 3.60. The zero-order chi connectivity index (χ0) is 14.5. The van der Waals surface area contributed by atoms with Gasteiger partial charge in [-0.05, 0) is 45.6 Å². The summed E-state index contributed by atoms with van der Waals surface area (Å²) in [7, 11) is 2.05. The Hall–Kier alpha value is -1.36. The van der Waals surface area contributed by atoms with E-state index in [1.54, 1.807) is 6.07 Å². The van der Waals surface area contributed by atoms with Crippen molar-refractivity contribution in [3.05, 3.63) is 22.2 Å². The molecule has 1 aliphatic carbocycles. The van der Waals surface area contributed by atoms with E-state index in [1.165, 1.54) is 19.3 Å². The first-order chi connectivity index (χ1) is 9.60. The molecule has 1 heterocycles. The van der Waals surface area contributed by atoms with E-state index < -0.39 is 0 Å². The van der Waals surface area contributed by atoms with Crippen molar-refractivity contribution in [3.8, 4) is 0 Å². The Balaban J connectivity index is 1.94. The van der Waals surface area contributed by atoms with Crippen LogP contribution < -0.4 is 15.8 Å². The van der Waals surface area contributed by atoms with Crippen LogP contribution in [0.2, 0.25) is 0 Å². The van der Waals surface area contributed by atoms with Gasteiger partial charge in [-0.3, -0.25) is 4.79 Å². The zero-order valence-corrected chi connectivity index (χ0v) is 12.8. The van der Waals surface area contributed by atoms with Gasteiger partial charge >= 0.3 is 0 Å². The van der Waals surface area contributed by atoms with Gasteiger partial charge in [0.15, 0.2) is 0 Å². The molecule has 1 aliphatic rings. The van der Waals surface area contributed by atoms with Crippen molar-refractivity contribution in [1.82, 2.24) is 15.3 Å². The molecular formula is C15H26N4O. The van der Waals surface area contributed by atoms with Crippen LogP contribution in [0.5, 0.6) is 0 Å². The van der Waals surface area contributed by atoms with E-state index in [9.17, 15) is 4.79 Å². The predicted octanol–water partition coefficient (Wildman–Crippen LogP) is 1.83. The Morgan fingerprint density at radius 3 is 2.70 bits per heavy atom. The van der Waals surface area contributed by atoms with Gasteiger partial charge in [-0.1, -0.05) is 6.92 Å². The van der Waals surface area contributed by atoms with E-state index >= 15 is 0 Å². The highest BCUT2D eigenvalue weighted by atomic mass is 16.1. The second-order valence-electron chi connectivity index (χ2n) is 5.76. The third-order valence-corrected chi connectivity index (χ3v) is 4.14. The molecule has 1 aromatic rings. The van der Waals surface area contributed by atoms with Crippen molar-refractivity contribution in [2.24, 2.45) is 0 Å². The Morgan fingerprint density at radius 2 is 2.10 bits per heavy atom. The molecule has 0 aromatic carbocycles. The summed E-state index contributed by atoms with van der Waals surface area (Å²) in [6.07, 6.45) is 5.92. The average Bonchev–Trinajstić information content (AvgIpc) is 2.44. The molecule has 5 nitrogen and oxygen atoms in total. The molecule has 0 saturated heterocycles. The van der Waals surface area contributed by atoms with E-state index in [0.29, 0.717) is 17.9 Å². The van der Waals surface area contributed by atoms with Crippen molar-refractivity contribution in [3.63, 3.8) is 0 Å². The first-order valence-corrected chi connectivity index (χ1v) is 7.64. The van der Waals surface area contributed by atoms with Gasteiger partial charge in [-0.15, -0.1) is 0 Å². The minimum atomic E-state index is -0.0716. The Labute approximate surface area is 120 Å². The van der Waals surface area contributed by atoms with Crippen molar-refractivity contribution < 1.29 is 0 Å². The number of aromatic amines is 1. The van der Waals surface area contributed by atoms with Crippen molar-refractivity contribution in [2.45, 2.75) is 58.0 Å². The van der Waals surface area contributed by atoms with E-state index in [0.717, 1.165) is 25.2 Å². The number of rotatable bonds is 5. The second kappa shape index (κ2) is 6.88. The first kappa shape index (κ1) is 15.0. The summed E-state index contributed by atoms with van der Waals surface area (Å²) in [6, 6.07) is 2.74. The van der Waals surface area contributed by atoms with Gasteiger partial charge in [0, 0.05) is 25.2 Å². The monoisotopic (exact) mass is 278 g/mol. The normalized spacial score (nSPS) is 22.8. The highest BCUT2D eigenvalue weighted by Crippen LogP contribution is 2.24. The molecule has 0 amide bonds. The van der Waals surface area contributed by atoms with Crippen LogP contribution in [0.15, 0.2) is 10.9 Å². The summed E-state index contributed by atoms with van der Waals surface area (Å²) < 4.78 is 0. The van der Waals surface area contributed by atoms with Gasteiger partial charge in [0.05, 0.1) is 0 Å². The largest absolute Gasteiger partial charge is 0.356 e. The molecule has 1 aromatic heterocycles. The maximum absolute atomic E-state index is 11.5. The first-order valence-electron chi connectivity index (χ1n) is 7.64. The van der Waals surface area contributed by atoms with Crippen molar-refractivity contribution in [1.29, 1.82) is 0 Å². The SMILES string of the molecule is CCCNC1CCC(N(C)c2cc(=O)[nH]c(C)n2)CC1. The van der Waals surface area contributed by atoms with Crippen LogP contribution in [-0.4, -0.2) is 35.6 Å². The van der Waals surface area contributed by atoms with E-state index in [-0.39, 0.29) is 5.56 Å². The summed E-state index contributed by atoms with van der Waals surface area (Å²) in [5.41, 5.74) is -0.0716. The van der Waals surface area contributed by atoms with Crippen LogP contribution in [-0.2, 0) is 0 Å². The van der Waals surface area contributed by atoms with Crippen LogP contribution in [0.25, 0.3) is 0 Å². The lowest BCUT2D eigenvalue weighted by atomic mass is 9.90. The van der Waals surface area contributed by atoms with E-state index in [1.807, 2.05) is 14.0 Å². The van der Waals surface area contributed by atoms with Crippen LogP contribution in [0, 0.1) is 6.92 Å². The molecule has 2 N–H and O–H groups in total. The maximum atomic E-state index is 11.5. The lowest BCUT2D eigenvalue weighted by Crippen LogP contribution is -2.41. The van der Waals surface area contributed by atoms with Crippen LogP contribution in [0.4, 0.5) is 5.82 Å². The van der Waals surface area contributed by atoms with Gasteiger partial charge in [-0.25, -0.2) is 4.98 Å². The molecule has 0 atom stereocenters. The molecule has 2 rings (SSSR count). The molecule has 0 aliphatic heterocycles. The summed E-state index contributed by atoms with van der Waals surface area (Å²) in [6.45, 7) is 5.14. The quantitative estimate of drug-likeness (QED) is 0.862. The van der Waals surface area contributed by atoms with Crippen molar-refractivity contribution in [2.75, 3.05) is 18.5 Å². The Kier molecular flexibility index (Phi) is 5.17. The minimum Gasteiger partial charge on any atom is -0.356 e. The third kappa shape index (κ3) is 3.82. The topological polar surface area (TPSA) is 61.0 Å². The fraction of sp³-hybridized carbons (Fsp3) is 0.733. The molecule has 5 heteroatoms. The zero-order valence-electron chi connectivity index (χ0n) is 12.8. The van der Waals surface area contributed by atoms with E-state index in [4.69, 9.17) is 0 Å². The van der Waals surface area contributed by atoms with E-state index in [2.05, 4.69) is 27.1 Å². The third-order valence-electron chi connectivity index (χ3n) is 4.14. The summed E-state index contributed by atoms with van der Waals surface area (Å²) in [4.78, 5) is 20.8. The fourth-order valence-electron chi connectivity index (χ4n) is 2.95. The molecule has 0 bridgehead atoms. The lowest BCUT2D eigenvalue weighted by Gasteiger charge is -2.35. The van der Waals surface area contributed by atoms with Crippen molar-refractivity contribution >= 4 is 5.82 Å². The highest BCUT2D eigenvalue weighted by molar-refractivity contribution is 5.37. The molecule has 0 radical (unpaired) electrons. The average molecular weight is 278 g/mol. The summed E-state index contributed by atoms with van der Waals surface area (Å²) >= 11 is 0. The Bertz CT molecular complexity index is 477. The summed E-state index contributed by atoms with van der Waals surface area (Å²) in [5.74, 6) is 1.47. The highest BCUT2D eigenvalue weighted by Gasteiger charge is 2.24. The number of hydrogen-bond donors (Lipinski definition) is 2. The van der Waals surface area contributed by atoms with Gasteiger partial charge in [0.1, 0.15) is 11.6 Å². The number of nitrogens with one attached hydrogen (secondary N) is 2. The van der Waals surface area contributed by atoms with Crippen LogP contribution in [0.1, 0.15) is 44.9 Å². The molecule has 0 unspecified atom stereocenters. The van der Waals surface area contributed by atoms with Gasteiger partial charge in [-0.2, -0.15) is 0 Å². The molecule has 1 saturated carbocycles. The fourth-order valence-corrected chi connectivity index (χ4v) is 2.95. The number of H-pyrrole nitrogens is 1. The number of aromatic nitrogens is 2. The Morgan fingerprint density at radius 1 is 1.40 bits per heavy atom. The second-order valence-corrected chi connectivity index (χ2v) is 5.76. The number of nitrogens with zero attached hydrogens (tertiary/aromatic N) is 2. The van der Waals surface area contributed by atoms with Gasteiger partial charge < -0.3 is 15.2 Å². The molecule has 0 spiro atoms. The maximum Gasteiger partial charge on any atom is 0.252 e. The molecule has 112 valence electrons. The van der Waals surface area contributed by atoms with Gasteiger partial charge in [0.2, 0.25) is 0 Å². The standard InChI is InChI=1S/C15H26N4O/c1-4-9-16-12-5-7-13(8-6-12)19(3)14-10-15(20)18-11(2)17-14/h10,12-13,16H,4-9H2,1-3H3,(H,17,18,20). The number of aryl methyl sites for hydroxylation is 1. The molecular weight excluding hydrogens is 252 g/mol. The van der Waals surface area contributed by atoms with Gasteiger partial charge in [0.25, 0.3) is 5.56 Å². The predicted molar refractivity (Wildman–Crippen MR) is 82.3 cm³/mol.